The van der Waals surface area contributed by atoms with Gasteiger partial charge in [0, 0.05) is 6.54 Å². The molecule has 2 nitrogen and oxygen atoms in total. The topological polar surface area (TPSA) is 21.3 Å². The Bertz CT molecular complexity index is 584. The van der Waals surface area contributed by atoms with Gasteiger partial charge in [-0.15, -0.1) is 0 Å². The van der Waals surface area contributed by atoms with Gasteiger partial charge in [0.05, 0.1) is 5.02 Å². The number of hydrogen-bond acceptors (Lipinski definition) is 2. The molecule has 2 rings (SSSR count). The first kappa shape index (κ1) is 15.8. The molecule has 0 heterocycles. The number of halogens is 2. The first-order chi connectivity index (χ1) is 10.1. The maximum Gasteiger partial charge on any atom is 0.184 e. The molecule has 2 aromatic rings. The molecule has 0 amide bonds. The molecule has 2 aromatic carbocycles. The normalized spacial score (nSPS) is 10.9. The van der Waals surface area contributed by atoms with Crippen molar-refractivity contribution in [3.8, 4) is 11.5 Å². The van der Waals surface area contributed by atoms with E-state index in [0.29, 0.717) is 11.7 Å². The van der Waals surface area contributed by atoms with E-state index >= 15 is 0 Å². The van der Waals surface area contributed by atoms with Gasteiger partial charge in [-0.1, -0.05) is 43.6 Å². The van der Waals surface area contributed by atoms with Crippen LogP contribution in [0.15, 0.2) is 42.5 Å². The Morgan fingerprint density at radius 2 is 1.86 bits per heavy atom. The van der Waals surface area contributed by atoms with E-state index in [1.807, 2.05) is 24.3 Å². The second kappa shape index (κ2) is 7.43. The van der Waals surface area contributed by atoms with E-state index in [1.54, 1.807) is 12.1 Å². The third-order valence-electron chi connectivity index (χ3n) is 2.95. The van der Waals surface area contributed by atoms with Crippen LogP contribution >= 0.6 is 11.6 Å². The highest BCUT2D eigenvalue weighted by atomic mass is 35.5. The quantitative estimate of drug-likeness (QED) is 0.809. The summed E-state index contributed by atoms with van der Waals surface area (Å²) in [7, 11) is 0. The van der Waals surface area contributed by atoms with Crippen molar-refractivity contribution < 1.29 is 9.13 Å². The highest BCUT2D eigenvalue weighted by Crippen LogP contribution is 2.28. The van der Waals surface area contributed by atoms with Crippen LogP contribution in [0.25, 0.3) is 0 Å². The smallest absolute Gasteiger partial charge is 0.184 e. The van der Waals surface area contributed by atoms with E-state index < -0.39 is 5.82 Å². The molecule has 1 N–H and O–H groups in total. The molecule has 0 spiro atoms. The van der Waals surface area contributed by atoms with Crippen LogP contribution in [0.4, 0.5) is 4.39 Å². The Morgan fingerprint density at radius 3 is 2.52 bits per heavy atom. The van der Waals surface area contributed by atoms with Crippen molar-refractivity contribution in [2.45, 2.75) is 20.4 Å². The summed E-state index contributed by atoms with van der Waals surface area (Å²) in [6.07, 6.45) is 0. The molecule has 0 aliphatic carbocycles. The van der Waals surface area contributed by atoms with Gasteiger partial charge < -0.3 is 10.1 Å². The SMILES string of the molecule is CC(C)CNCc1ccc(Oc2cccc(Cl)c2F)cc1. The molecule has 0 bridgehead atoms. The Balaban J connectivity index is 1.97. The van der Waals surface area contributed by atoms with E-state index in [2.05, 4.69) is 19.2 Å². The summed E-state index contributed by atoms with van der Waals surface area (Å²) in [5.74, 6) is 0.803. The van der Waals surface area contributed by atoms with Crippen LogP contribution in [0.2, 0.25) is 5.02 Å². The lowest BCUT2D eigenvalue weighted by Crippen LogP contribution is -2.18. The van der Waals surface area contributed by atoms with Gasteiger partial charge in [0.1, 0.15) is 5.75 Å². The molecule has 0 fully saturated rings. The van der Waals surface area contributed by atoms with E-state index in [1.165, 1.54) is 6.07 Å². The molecule has 112 valence electrons. The van der Waals surface area contributed by atoms with Gasteiger partial charge in [-0.2, -0.15) is 0 Å². The Kier molecular flexibility index (Phi) is 5.59. The first-order valence-corrected chi connectivity index (χ1v) is 7.35. The lowest BCUT2D eigenvalue weighted by molar-refractivity contribution is 0.442. The van der Waals surface area contributed by atoms with Gasteiger partial charge in [0.25, 0.3) is 0 Å². The molecule has 0 aliphatic heterocycles. The van der Waals surface area contributed by atoms with Crippen LogP contribution in [0.5, 0.6) is 11.5 Å². The molecular weight excluding hydrogens is 289 g/mol. The Hall–Kier alpha value is -1.58. The van der Waals surface area contributed by atoms with E-state index in [9.17, 15) is 4.39 Å². The fraction of sp³-hybridized carbons (Fsp3) is 0.294. The second-order valence-corrected chi connectivity index (χ2v) is 5.73. The van der Waals surface area contributed by atoms with Crippen molar-refractivity contribution in [3.05, 3.63) is 58.9 Å². The maximum absolute atomic E-state index is 13.7. The summed E-state index contributed by atoms with van der Waals surface area (Å²) in [6, 6.07) is 12.3. The van der Waals surface area contributed by atoms with Gasteiger partial charge >= 0.3 is 0 Å². The fourth-order valence-electron chi connectivity index (χ4n) is 1.87. The summed E-state index contributed by atoms with van der Waals surface area (Å²) in [4.78, 5) is 0. The van der Waals surface area contributed by atoms with Crippen LogP contribution in [0.3, 0.4) is 0 Å². The lowest BCUT2D eigenvalue weighted by Gasteiger charge is -2.10. The van der Waals surface area contributed by atoms with Crippen molar-refractivity contribution in [2.75, 3.05) is 6.54 Å². The number of ether oxygens (including phenoxy) is 1. The number of hydrogen-bond donors (Lipinski definition) is 1. The largest absolute Gasteiger partial charge is 0.454 e. The molecule has 0 aliphatic rings. The molecule has 0 atom stereocenters. The van der Waals surface area contributed by atoms with Crippen molar-refractivity contribution in [1.29, 1.82) is 0 Å². The summed E-state index contributed by atoms with van der Waals surface area (Å²) < 4.78 is 19.2. The first-order valence-electron chi connectivity index (χ1n) is 6.98. The zero-order valence-corrected chi connectivity index (χ0v) is 13.0. The molecule has 0 unspecified atom stereocenters. The van der Waals surface area contributed by atoms with E-state index in [-0.39, 0.29) is 10.8 Å². The molecule has 0 aromatic heterocycles. The highest BCUT2D eigenvalue weighted by Gasteiger charge is 2.08. The monoisotopic (exact) mass is 307 g/mol. The van der Waals surface area contributed by atoms with Gasteiger partial charge in [-0.25, -0.2) is 4.39 Å². The summed E-state index contributed by atoms with van der Waals surface area (Å²) in [6.45, 7) is 6.13. The zero-order chi connectivity index (χ0) is 15.2. The average molecular weight is 308 g/mol. The van der Waals surface area contributed by atoms with Crippen molar-refractivity contribution >= 4 is 11.6 Å². The maximum atomic E-state index is 13.7. The Morgan fingerprint density at radius 1 is 1.14 bits per heavy atom. The third kappa shape index (κ3) is 4.73. The van der Waals surface area contributed by atoms with E-state index in [0.717, 1.165) is 18.7 Å². The number of benzene rings is 2. The molecule has 0 saturated carbocycles. The van der Waals surface area contributed by atoms with Crippen molar-refractivity contribution in [1.82, 2.24) is 5.32 Å². The number of nitrogens with one attached hydrogen (secondary N) is 1. The van der Waals surface area contributed by atoms with Gasteiger partial charge in [0.2, 0.25) is 0 Å². The lowest BCUT2D eigenvalue weighted by atomic mass is 10.2. The summed E-state index contributed by atoms with van der Waals surface area (Å²) in [5.41, 5.74) is 1.16. The van der Waals surface area contributed by atoms with Crippen LogP contribution in [0, 0.1) is 11.7 Å². The van der Waals surface area contributed by atoms with Crippen molar-refractivity contribution in [3.63, 3.8) is 0 Å². The van der Waals surface area contributed by atoms with Gasteiger partial charge in [-0.05, 0) is 42.3 Å². The molecule has 0 radical (unpaired) electrons. The van der Waals surface area contributed by atoms with Crippen LogP contribution in [-0.2, 0) is 6.54 Å². The zero-order valence-electron chi connectivity index (χ0n) is 12.2. The summed E-state index contributed by atoms with van der Waals surface area (Å²) >= 11 is 5.72. The second-order valence-electron chi connectivity index (χ2n) is 5.32. The molecule has 21 heavy (non-hydrogen) atoms. The number of rotatable bonds is 6. The predicted molar refractivity (Wildman–Crippen MR) is 84.5 cm³/mol. The standard InChI is InChI=1S/C17H19ClFNO/c1-12(2)10-20-11-13-6-8-14(9-7-13)21-16-5-3-4-15(18)17(16)19/h3-9,12,20H,10-11H2,1-2H3. The van der Waals surface area contributed by atoms with Gasteiger partial charge in [-0.3, -0.25) is 0 Å². The molecular formula is C17H19ClFNO. The average Bonchev–Trinajstić information content (AvgIpc) is 2.45. The predicted octanol–water partition coefficient (Wildman–Crippen LogP) is 5.02. The third-order valence-corrected chi connectivity index (χ3v) is 3.24. The van der Waals surface area contributed by atoms with Crippen LogP contribution in [-0.4, -0.2) is 6.54 Å². The van der Waals surface area contributed by atoms with Crippen LogP contribution in [0.1, 0.15) is 19.4 Å². The fourth-order valence-corrected chi connectivity index (χ4v) is 2.04. The highest BCUT2D eigenvalue weighted by molar-refractivity contribution is 6.30. The minimum Gasteiger partial charge on any atom is -0.454 e. The van der Waals surface area contributed by atoms with Crippen molar-refractivity contribution in [2.24, 2.45) is 5.92 Å². The minimum absolute atomic E-state index is 0.0574. The molecule has 4 heteroatoms. The van der Waals surface area contributed by atoms with Crippen LogP contribution < -0.4 is 10.1 Å². The minimum atomic E-state index is -0.540. The van der Waals surface area contributed by atoms with Gasteiger partial charge in [0.15, 0.2) is 11.6 Å². The van der Waals surface area contributed by atoms with E-state index in [4.69, 9.17) is 16.3 Å². The summed E-state index contributed by atoms with van der Waals surface area (Å²) in [5, 5.41) is 3.43. The Labute approximate surface area is 129 Å². The molecule has 0 saturated heterocycles.